The Morgan fingerprint density at radius 3 is 2.85 bits per heavy atom. The maximum Gasteiger partial charge on any atom is 0.274 e. The van der Waals surface area contributed by atoms with Gasteiger partial charge in [0.15, 0.2) is 4.96 Å². The van der Waals surface area contributed by atoms with Gasteiger partial charge in [-0.3, -0.25) is 14.2 Å². The zero-order chi connectivity index (χ0) is 23.0. The Bertz CT molecular complexity index is 1400. The SMILES string of the molecule is Cc1ncc2c(c1CNS(=O)(=O)Cc1ccccc1)CCN(C(=O)c1cn3ccsc3n1)C2. The number of nitrogens with zero attached hydrogens (tertiary/aromatic N) is 4. The minimum atomic E-state index is -3.50. The van der Waals surface area contributed by atoms with E-state index in [4.69, 9.17) is 0 Å². The summed E-state index contributed by atoms with van der Waals surface area (Å²) in [4.78, 5) is 24.5. The first kappa shape index (κ1) is 21.7. The number of imidazole rings is 1. The maximum atomic E-state index is 13.0. The standard InChI is InChI=1S/C23H23N5O3S2/c1-16-20(12-25-33(30,31)15-17-5-3-2-4-6-17)19-7-8-27(13-18(19)11-24-16)22(29)21-14-28-9-10-32-23(28)26-21/h2-6,9-11,14,25H,7-8,12-13,15H2,1H3. The molecule has 4 heterocycles. The number of aromatic nitrogens is 3. The molecule has 3 aromatic heterocycles. The summed E-state index contributed by atoms with van der Waals surface area (Å²) >= 11 is 1.49. The monoisotopic (exact) mass is 481 g/mol. The smallest absolute Gasteiger partial charge is 0.274 e. The summed E-state index contributed by atoms with van der Waals surface area (Å²) < 4.78 is 29.8. The number of hydrogen-bond acceptors (Lipinski definition) is 6. The summed E-state index contributed by atoms with van der Waals surface area (Å²) in [7, 11) is -3.50. The highest BCUT2D eigenvalue weighted by Crippen LogP contribution is 2.25. The van der Waals surface area contributed by atoms with Gasteiger partial charge < -0.3 is 4.90 Å². The minimum absolute atomic E-state index is 0.0697. The number of carbonyl (C=O) groups excluding carboxylic acids is 1. The van der Waals surface area contributed by atoms with Crippen LogP contribution in [0.15, 0.2) is 54.3 Å². The average molecular weight is 482 g/mol. The number of amides is 1. The number of rotatable bonds is 6. The molecule has 33 heavy (non-hydrogen) atoms. The number of hydrogen-bond donors (Lipinski definition) is 1. The molecule has 0 saturated heterocycles. The van der Waals surface area contributed by atoms with E-state index in [0.29, 0.717) is 25.2 Å². The van der Waals surface area contributed by atoms with Crippen molar-refractivity contribution in [1.29, 1.82) is 0 Å². The molecule has 1 N–H and O–H groups in total. The summed E-state index contributed by atoms with van der Waals surface area (Å²) in [5.74, 6) is -0.179. The van der Waals surface area contributed by atoms with Gasteiger partial charge in [-0.2, -0.15) is 0 Å². The number of carbonyl (C=O) groups is 1. The summed E-state index contributed by atoms with van der Waals surface area (Å²) in [6.45, 7) is 3.04. The Balaban J connectivity index is 1.31. The molecule has 0 spiro atoms. The van der Waals surface area contributed by atoms with Crippen molar-refractivity contribution in [2.24, 2.45) is 0 Å². The van der Waals surface area contributed by atoms with Crippen molar-refractivity contribution in [3.63, 3.8) is 0 Å². The lowest BCUT2D eigenvalue weighted by Gasteiger charge is -2.30. The number of nitrogens with one attached hydrogen (secondary N) is 1. The van der Waals surface area contributed by atoms with Crippen LogP contribution in [0.1, 0.15) is 38.4 Å². The molecule has 1 amide bonds. The fourth-order valence-corrected chi connectivity index (χ4v) is 5.95. The Hall–Kier alpha value is -3.08. The van der Waals surface area contributed by atoms with E-state index < -0.39 is 10.0 Å². The average Bonchev–Trinajstić information content (AvgIpc) is 3.40. The number of thiazole rings is 1. The van der Waals surface area contributed by atoms with Crippen LogP contribution in [-0.4, -0.2) is 40.1 Å². The second-order valence-corrected chi connectivity index (χ2v) is 10.8. The molecule has 1 aliphatic rings. The molecule has 0 unspecified atom stereocenters. The fourth-order valence-electron chi connectivity index (χ4n) is 4.15. The lowest BCUT2D eigenvalue weighted by molar-refractivity contribution is 0.0729. The maximum absolute atomic E-state index is 13.0. The van der Waals surface area contributed by atoms with Crippen molar-refractivity contribution < 1.29 is 13.2 Å². The minimum Gasteiger partial charge on any atom is -0.333 e. The molecule has 4 aromatic rings. The molecular formula is C23H23N5O3S2. The van der Waals surface area contributed by atoms with Gasteiger partial charge in [-0.1, -0.05) is 30.3 Å². The molecule has 8 nitrogen and oxygen atoms in total. The second kappa shape index (κ2) is 8.69. The normalized spacial score (nSPS) is 13.9. The van der Waals surface area contributed by atoms with E-state index in [1.807, 2.05) is 41.1 Å². The van der Waals surface area contributed by atoms with Crippen LogP contribution in [-0.2, 0) is 35.3 Å². The highest BCUT2D eigenvalue weighted by atomic mass is 32.2. The number of pyridine rings is 1. The quantitative estimate of drug-likeness (QED) is 0.457. The molecule has 0 atom stereocenters. The van der Waals surface area contributed by atoms with Crippen LogP contribution < -0.4 is 4.72 Å². The molecule has 1 aliphatic heterocycles. The van der Waals surface area contributed by atoms with Gasteiger partial charge in [-0.05, 0) is 35.6 Å². The lowest BCUT2D eigenvalue weighted by Crippen LogP contribution is -2.37. The number of aryl methyl sites for hydroxylation is 1. The summed E-state index contributed by atoms with van der Waals surface area (Å²) in [5.41, 5.74) is 4.87. The van der Waals surface area contributed by atoms with E-state index in [1.54, 1.807) is 29.4 Å². The van der Waals surface area contributed by atoms with Crippen molar-refractivity contribution in [2.45, 2.75) is 32.2 Å². The zero-order valence-corrected chi connectivity index (χ0v) is 19.7. The van der Waals surface area contributed by atoms with Crippen LogP contribution in [0.2, 0.25) is 0 Å². The first-order valence-electron chi connectivity index (χ1n) is 10.6. The van der Waals surface area contributed by atoms with Crippen molar-refractivity contribution >= 4 is 32.2 Å². The second-order valence-electron chi connectivity index (χ2n) is 8.09. The lowest BCUT2D eigenvalue weighted by atomic mass is 9.95. The van der Waals surface area contributed by atoms with Crippen LogP contribution in [0.25, 0.3) is 4.96 Å². The Morgan fingerprint density at radius 2 is 2.06 bits per heavy atom. The fraction of sp³-hybridized carbons (Fsp3) is 0.261. The van der Waals surface area contributed by atoms with E-state index in [1.165, 1.54) is 11.3 Å². The first-order valence-corrected chi connectivity index (χ1v) is 13.1. The Kier molecular flexibility index (Phi) is 5.73. The third-order valence-electron chi connectivity index (χ3n) is 5.86. The van der Waals surface area contributed by atoms with Gasteiger partial charge in [0, 0.05) is 49.3 Å². The van der Waals surface area contributed by atoms with Crippen LogP contribution in [0.3, 0.4) is 0 Å². The van der Waals surface area contributed by atoms with Gasteiger partial charge in [0.2, 0.25) is 10.0 Å². The van der Waals surface area contributed by atoms with Crippen LogP contribution in [0.5, 0.6) is 0 Å². The van der Waals surface area contributed by atoms with Gasteiger partial charge in [0.25, 0.3) is 5.91 Å². The van der Waals surface area contributed by atoms with Crippen LogP contribution in [0.4, 0.5) is 0 Å². The molecule has 0 bridgehead atoms. The number of sulfonamides is 1. The van der Waals surface area contributed by atoms with Gasteiger partial charge in [0.05, 0.1) is 5.75 Å². The first-order chi connectivity index (χ1) is 15.9. The molecule has 0 radical (unpaired) electrons. The summed E-state index contributed by atoms with van der Waals surface area (Å²) in [6, 6.07) is 9.11. The van der Waals surface area contributed by atoms with Crippen molar-refractivity contribution in [3.8, 4) is 0 Å². The zero-order valence-electron chi connectivity index (χ0n) is 18.1. The van der Waals surface area contributed by atoms with E-state index in [2.05, 4.69) is 14.7 Å². The molecule has 10 heteroatoms. The number of fused-ring (bicyclic) bond motifs is 2. The highest BCUT2D eigenvalue weighted by Gasteiger charge is 2.26. The number of benzene rings is 1. The van der Waals surface area contributed by atoms with Crippen LogP contribution >= 0.6 is 11.3 Å². The molecule has 1 aromatic carbocycles. The molecule has 170 valence electrons. The topological polar surface area (TPSA) is 96.7 Å². The van der Waals surface area contributed by atoms with Gasteiger partial charge in [-0.15, -0.1) is 11.3 Å². The Morgan fingerprint density at radius 1 is 1.24 bits per heavy atom. The Labute approximate surface area is 196 Å². The third kappa shape index (κ3) is 4.54. The molecule has 0 saturated carbocycles. The van der Waals surface area contributed by atoms with E-state index >= 15 is 0 Å². The largest absolute Gasteiger partial charge is 0.333 e. The predicted octanol–water partition coefficient (Wildman–Crippen LogP) is 2.92. The van der Waals surface area contributed by atoms with E-state index in [0.717, 1.165) is 32.9 Å². The molecule has 0 fully saturated rings. The van der Waals surface area contributed by atoms with E-state index in [9.17, 15) is 13.2 Å². The van der Waals surface area contributed by atoms with Crippen molar-refractivity contribution in [2.75, 3.05) is 6.54 Å². The highest BCUT2D eigenvalue weighted by molar-refractivity contribution is 7.88. The van der Waals surface area contributed by atoms with E-state index in [-0.39, 0.29) is 18.2 Å². The van der Waals surface area contributed by atoms with Gasteiger partial charge in [-0.25, -0.2) is 18.1 Å². The summed E-state index contributed by atoms with van der Waals surface area (Å²) in [6.07, 6.45) is 6.07. The van der Waals surface area contributed by atoms with Crippen LogP contribution in [0, 0.1) is 6.92 Å². The van der Waals surface area contributed by atoms with Crippen molar-refractivity contribution in [1.82, 2.24) is 24.0 Å². The molecule has 5 rings (SSSR count). The van der Waals surface area contributed by atoms with Gasteiger partial charge in [0.1, 0.15) is 5.69 Å². The third-order valence-corrected chi connectivity index (χ3v) is 7.93. The predicted molar refractivity (Wildman–Crippen MR) is 126 cm³/mol. The molecular weight excluding hydrogens is 458 g/mol. The molecule has 0 aliphatic carbocycles. The summed E-state index contributed by atoms with van der Waals surface area (Å²) in [5, 5.41) is 1.93. The van der Waals surface area contributed by atoms with Gasteiger partial charge >= 0.3 is 0 Å². The van der Waals surface area contributed by atoms with Crippen molar-refractivity contribution in [3.05, 3.63) is 87.9 Å².